The molecule has 4 aliphatic heterocycles. The molecule has 2 bridgehead atoms. The fourth-order valence-corrected chi connectivity index (χ4v) is 5.72. The zero-order valence-corrected chi connectivity index (χ0v) is 18.6. The Morgan fingerprint density at radius 3 is 2.70 bits per heavy atom. The van der Waals surface area contributed by atoms with Crippen molar-refractivity contribution in [2.24, 2.45) is 5.92 Å². The van der Waals surface area contributed by atoms with Crippen LogP contribution in [0.1, 0.15) is 57.2 Å². The van der Waals surface area contributed by atoms with Gasteiger partial charge in [-0.2, -0.15) is 0 Å². The predicted molar refractivity (Wildman–Crippen MR) is 113 cm³/mol. The van der Waals surface area contributed by atoms with Crippen LogP contribution in [0.5, 0.6) is 11.5 Å². The largest absolute Gasteiger partial charge is 0.493 e. The number of nitrogens with zero attached hydrogens (tertiary/aromatic N) is 1. The summed E-state index contributed by atoms with van der Waals surface area (Å²) in [5, 5.41) is 10.8. The van der Waals surface area contributed by atoms with Gasteiger partial charge in [0.25, 0.3) is 0 Å². The van der Waals surface area contributed by atoms with Gasteiger partial charge in [0.1, 0.15) is 12.2 Å². The third-order valence-corrected chi connectivity index (χ3v) is 7.14. The summed E-state index contributed by atoms with van der Waals surface area (Å²) in [5.41, 5.74) is 2.21. The van der Waals surface area contributed by atoms with Crippen LogP contribution in [-0.4, -0.2) is 66.8 Å². The Kier molecular flexibility index (Phi) is 5.05. The van der Waals surface area contributed by atoms with Crippen LogP contribution in [0, 0.1) is 5.92 Å². The van der Waals surface area contributed by atoms with Crippen molar-refractivity contribution < 1.29 is 24.1 Å². The van der Waals surface area contributed by atoms with Crippen molar-refractivity contribution >= 4 is 0 Å². The summed E-state index contributed by atoms with van der Waals surface area (Å²) in [6.45, 7) is 9.33. The number of rotatable bonds is 5. The maximum Gasteiger partial charge on any atom is 0.161 e. The number of hydrogen-bond acceptors (Lipinski definition) is 6. The number of hydrogen-bond donors (Lipinski definition) is 1. The number of ether oxygens (including phenoxy) is 4. The Balaban J connectivity index is 1.33. The molecule has 4 heterocycles. The second-order valence-electron chi connectivity index (χ2n) is 10.6. The molecule has 4 fully saturated rings. The summed E-state index contributed by atoms with van der Waals surface area (Å²) in [7, 11) is 1.70. The summed E-state index contributed by atoms with van der Waals surface area (Å²) in [6.07, 6.45) is 3.26. The number of piperidine rings is 1. The lowest BCUT2D eigenvalue weighted by molar-refractivity contribution is -0.149. The summed E-state index contributed by atoms with van der Waals surface area (Å²) in [4.78, 5) is 2.45. The van der Waals surface area contributed by atoms with Crippen LogP contribution >= 0.6 is 0 Å². The molecule has 6 heteroatoms. The first-order valence-electron chi connectivity index (χ1n) is 11.3. The van der Waals surface area contributed by atoms with Crippen LogP contribution < -0.4 is 9.47 Å². The molecule has 5 aliphatic rings. The second kappa shape index (κ2) is 7.37. The molecule has 3 unspecified atom stereocenters. The predicted octanol–water partition coefficient (Wildman–Crippen LogP) is 3.10. The minimum atomic E-state index is -0.469. The van der Waals surface area contributed by atoms with Gasteiger partial charge >= 0.3 is 0 Å². The lowest BCUT2D eigenvalue weighted by Gasteiger charge is -2.47. The summed E-state index contributed by atoms with van der Waals surface area (Å²) in [6, 6.07) is 4.46. The molecule has 166 valence electrons. The van der Waals surface area contributed by atoms with Gasteiger partial charge in [0.15, 0.2) is 11.5 Å². The molecule has 1 saturated carbocycles. The van der Waals surface area contributed by atoms with Gasteiger partial charge in [-0.25, -0.2) is 0 Å². The van der Waals surface area contributed by atoms with E-state index >= 15 is 0 Å². The molecule has 6 rings (SSSR count). The van der Waals surface area contributed by atoms with Crippen molar-refractivity contribution in [3.05, 3.63) is 23.3 Å². The molecule has 1 aromatic rings. The van der Waals surface area contributed by atoms with Crippen LogP contribution in [0.3, 0.4) is 0 Å². The van der Waals surface area contributed by atoms with Crippen LogP contribution in [0.4, 0.5) is 0 Å². The van der Waals surface area contributed by atoms with Crippen molar-refractivity contribution in [3.8, 4) is 11.5 Å². The molecule has 30 heavy (non-hydrogen) atoms. The molecule has 0 aromatic heterocycles. The van der Waals surface area contributed by atoms with Crippen molar-refractivity contribution in [2.45, 2.75) is 75.9 Å². The fourth-order valence-electron chi connectivity index (χ4n) is 5.72. The van der Waals surface area contributed by atoms with Gasteiger partial charge in [-0.05, 0) is 75.6 Å². The summed E-state index contributed by atoms with van der Waals surface area (Å²) in [5.74, 6) is 2.31. The smallest absolute Gasteiger partial charge is 0.161 e. The van der Waals surface area contributed by atoms with Crippen molar-refractivity contribution in [1.29, 1.82) is 0 Å². The third kappa shape index (κ3) is 3.72. The standard InChI is InChI=1S/C24H35NO5/c1-23(2,3)30-22-12-25-6-5-16-7-21(28-14-24-10-15(11-24)13-29-24)20(27-4)8-17(16)18(25)9-19(22)26/h7-8,15,18-19,22,26H,5-6,9-14H2,1-4H3. The van der Waals surface area contributed by atoms with Gasteiger partial charge in [0, 0.05) is 19.1 Å². The Labute approximate surface area is 179 Å². The van der Waals surface area contributed by atoms with E-state index in [0.717, 1.165) is 56.4 Å². The van der Waals surface area contributed by atoms with E-state index in [0.29, 0.717) is 13.0 Å². The van der Waals surface area contributed by atoms with Gasteiger partial charge in [-0.1, -0.05) is 0 Å². The molecule has 1 aliphatic carbocycles. The minimum Gasteiger partial charge on any atom is -0.493 e. The first-order valence-corrected chi connectivity index (χ1v) is 11.3. The van der Waals surface area contributed by atoms with E-state index in [1.807, 2.05) is 20.8 Å². The Morgan fingerprint density at radius 1 is 1.23 bits per heavy atom. The number of aliphatic hydroxyl groups is 1. The highest BCUT2D eigenvalue weighted by Gasteiger charge is 2.52. The van der Waals surface area contributed by atoms with E-state index in [1.54, 1.807) is 7.11 Å². The lowest BCUT2D eigenvalue weighted by Crippen LogP contribution is -2.53. The first-order chi connectivity index (χ1) is 14.3. The van der Waals surface area contributed by atoms with Gasteiger partial charge in [0.05, 0.1) is 31.5 Å². The average Bonchev–Trinajstić information content (AvgIpc) is 3.26. The second-order valence-corrected chi connectivity index (χ2v) is 10.6. The highest BCUT2D eigenvalue weighted by atomic mass is 16.6. The topological polar surface area (TPSA) is 60.4 Å². The van der Waals surface area contributed by atoms with Crippen LogP contribution in [-0.2, 0) is 15.9 Å². The Bertz CT molecular complexity index is 792. The van der Waals surface area contributed by atoms with E-state index < -0.39 is 6.10 Å². The van der Waals surface area contributed by atoms with E-state index in [4.69, 9.17) is 18.9 Å². The highest BCUT2D eigenvalue weighted by Crippen LogP contribution is 2.49. The van der Waals surface area contributed by atoms with Crippen LogP contribution in [0.2, 0.25) is 0 Å². The molecule has 3 saturated heterocycles. The number of methoxy groups -OCH3 is 1. The highest BCUT2D eigenvalue weighted by molar-refractivity contribution is 5.50. The number of aliphatic hydroxyl groups excluding tert-OH is 1. The van der Waals surface area contributed by atoms with E-state index in [1.165, 1.54) is 11.1 Å². The molecule has 3 atom stereocenters. The van der Waals surface area contributed by atoms with Crippen molar-refractivity contribution in [1.82, 2.24) is 4.90 Å². The molecule has 0 amide bonds. The third-order valence-electron chi connectivity index (χ3n) is 7.14. The molecular formula is C24H35NO5. The molecular weight excluding hydrogens is 382 g/mol. The zero-order valence-electron chi connectivity index (χ0n) is 18.6. The molecule has 6 nitrogen and oxygen atoms in total. The first kappa shape index (κ1) is 20.6. The van der Waals surface area contributed by atoms with Crippen molar-refractivity contribution in [3.63, 3.8) is 0 Å². The van der Waals surface area contributed by atoms with E-state index in [2.05, 4.69) is 17.0 Å². The van der Waals surface area contributed by atoms with Crippen LogP contribution in [0.25, 0.3) is 0 Å². The van der Waals surface area contributed by atoms with Gasteiger partial charge < -0.3 is 24.1 Å². The van der Waals surface area contributed by atoms with E-state index in [-0.39, 0.29) is 23.3 Å². The van der Waals surface area contributed by atoms with Gasteiger partial charge in [0.2, 0.25) is 0 Å². The number of benzene rings is 1. The molecule has 1 aromatic carbocycles. The maximum absolute atomic E-state index is 10.8. The van der Waals surface area contributed by atoms with Gasteiger partial charge in [-0.15, -0.1) is 0 Å². The zero-order chi connectivity index (χ0) is 21.1. The van der Waals surface area contributed by atoms with Crippen LogP contribution in [0.15, 0.2) is 12.1 Å². The van der Waals surface area contributed by atoms with E-state index in [9.17, 15) is 5.11 Å². The fraction of sp³-hybridized carbons (Fsp3) is 0.750. The Hall–Kier alpha value is -1.34. The summed E-state index contributed by atoms with van der Waals surface area (Å²) < 4.78 is 24.0. The molecule has 1 N–H and O–H groups in total. The molecule has 0 spiro atoms. The monoisotopic (exact) mass is 417 g/mol. The Morgan fingerprint density at radius 2 is 2.03 bits per heavy atom. The minimum absolute atomic E-state index is 0.0715. The quantitative estimate of drug-likeness (QED) is 0.795. The average molecular weight is 418 g/mol. The lowest BCUT2D eigenvalue weighted by atomic mass is 9.75. The normalized spacial score (nSPS) is 35.4. The van der Waals surface area contributed by atoms with Crippen molar-refractivity contribution in [2.75, 3.05) is 33.4 Å². The van der Waals surface area contributed by atoms with Gasteiger partial charge in [-0.3, -0.25) is 4.90 Å². The number of fused-ring (bicyclic) bond motifs is 4. The maximum atomic E-state index is 10.8. The SMILES string of the molecule is COc1cc2c(cc1OCC13CC(CO1)C3)CCN1CC(OC(C)(C)C)C(O)CC21. The molecule has 0 radical (unpaired) electrons. The summed E-state index contributed by atoms with van der Waals surface area (Å²) >= 11 is 0.